The Morgan fingerprint density at radius 3 is 2.62 bits per heavy atom. The summed E-state index contributed by atoms with van der Waals surface area (Å²) >= 11 is 1.57. The Labute approximate surface area is 146 Å². The van der Waals surface area contributed by atoms with Crippen molar-refractivity contribution in [3.8, 4) is 11.5 Å². The van der Waals surface area contributed by atoms with Gasteiger partial charge in [-0.05, 0) is 42.5 Å². The van der Waals surface area contributed by atoms with Crippen molar-refractivity contribution in [1.29, 1.82) is 0 Å². The highest BCUT2D eigenvalue weighted by Gasteiger charge is 2.25. The molecule has 0 aliphatic carbocycles. The number of rotatable bonds is 5. The number of methoxy groups -OCH3 is 2. The molecule has 1 aliphatic rings. The average molecular weight is 346 g/mol. The minimum absolute atomic E-state index is 0.00837. The number of aromatic nitrogens is 1. The first-order chi connectivity index (χ1) is 11.7. The van der Waals surface area contributed by atoms with Crippen molar-refractivity contribution in [2.45, 2.75) is 32.7 Å². The van der Waals surface area contributed by atoms with Gasteiger partial charge in [-0.25, -0.2) is 4.98 Å². The number of thiazole rings is 1. The summed E-state index contributed by atoms with van der Waals surface area (Å²) in [6.07, 6.45) is 2.78. The number of carbonyl (C=O) groups is 1. The van der Waals surface area contributed by atoms with E-state index in [1.54, 1.807) is 25.6 Å². The summed E-state index contributed by atoms with van der Waals surface area (Å²) in [6.45, 7) is 3.39. The van der Waals surface area contributed by atoms with Crippen molar-refractivity contribution in [1.82, 2.24) is 9.88 Å². The Balaban J connectivity index is 1.79. The Bertz CT molecular complexity index is 742. The molecule has 128 valence electrons. The molecule has 6 heteroatoms. The molecule has 1 aliphatic heterocycles. The van der Waals surface area contributed by atoms with E-state index in [2.05, 4.69) is 11.9 Å². The number of amides is 1. The van der Waals surface area contributed by atoms with Crippen LogP contribution in [-0.4, -0.2) is 36.6 Å². The van der Waals surface area contributed by atoms with Crippen molar-refractivity contribution in [2.24, 2.45) is 0 Å². The highest BCUT2D eigenvalue weighted by atomic mass is 32.1. The summed E-state index contributed by atoms with van der Waals surface area (Å²) in [6, 6.07) is 3.98. The van der Waals surface area contributed by atoms with Gasteiger partial charge in [0.05, 0.1) is 19.2 Å². The molecule has 0 spiro atoms. The van der Waals surface area contributed by atoms with Crippen molar-refractivity contribution in [3.05, 3.63) is 39.3 Å². The first-order valence-electron chi connectivity index (χ1n) is 8.13. The first-order valence-corrected chi connectivity index (χ1v) is 9.01. The third kappa shape index (κ3) is 3.24. The lowest BCUT2D eigenvalue weighted by Crippen LogP contribution is -2.36. The zero-order valence-electron chi connectivity index (χ0n) is 14.3. The zero-order chi connectivity index (χ0) is 17.1. The highest BCUT2D eigenvalue weighted by Crippen LogP contribution is 2.33. The van der Waals surface area contributed by atoms with Crippen LogP contribution in [0.1, 0.15) is 40.0 Å². The molecule has 1 amide bonds. The number of carbonyl (C=O) groups excluding carboxylic acids is 1. The normalized spacial score (nSPS) is 13.5. The zero-order valence-corrected chi connectivity index (χ0v) is 15.1. The first kappa shape index (κ1) is 16.8. The smallest absolute Gasteiger partial charge is 0.273 e. The molecule has 0 N–H and O–H groups in total. The number of benzene rings is 1. The molecule has 3 rings (SSSR count). The van der Waals surface area contributed by atoms with Gasteiger partial charge >= 0.3 is 0 Å². The van der Waals surface area contributed by atoms with Crippen LogP contribution < -0.4 is 9.47 Å². The second kappa shape index (κ2) is 7.21. The van der Waals surface area contributed by atoms with Crippen LogP contribution in [0.5, 0.6) is 11.5 Å². The van der Waals surface area contributed by atoms with E-state index in [9.17, 15) is 4.79 Å². The summed E-state index contributed by atoms with van der Waals surface area (Å²) < 4.78 is 10.7. The fraction of sp³-hybridized carbons (Fsp3) is 0.444. The predicted octanol–water partition coefficient (Wildman–Crippen LogP) is 3.31. The van der Waals surface area contributed by atoms with Gasteiger partial charge in [0.15, 0.2) is 11.5 Å². The van der Waals surface area contributed by atoms with E-state index in [0.717, 1.165) is 35.6 Å². The van der Waals surface area contributed by atoms with E-state index >= 15 is 0 Å². The Morgan fingerprint density at radius 1 is 1.25 bits per heavy atom. The minimum Gasteiger partial charge on any atom is -0.493 e. The maximum atomic E-state index is 12.7. The van der Waals surface area contributed by atoms with E-state index in [1.165, 1.54) is 5.56 Å². The van der Waals surface area contributed by atoms with Gasteiger partial charge in [-0.1, -0.05) is 6.92 Å². The van der Waals surface area contributed by atoms with Gasteiger partial charge < -0.3 is 14.4 Å². The van der Waals surface area contributed by atoms with Crippen LogP contribution in [-0.2, 0) is 19.4 Å². The molecule has 0 radical (unpaired) electrons. The largest absolute Gasteiger partial charge is 0.493 e. The summed E-state index contributed by atoms with van der Waals surface area (Å²) in [5.74, 6) is 1.44. The molecule has 2 aromatic rings. The lowest BCUT2D eigenvalue weighted by atomic mass is 9.98. The van der Waals surface area contributed by atoms with Crippen LogP contribution in [0.4, 0.5) is 0 Å². The monoisotopic (exact) mass is 346 g/mol. The molecule has 0 fully saturated rings. The lowest BCUT2D eigenvalue weighted by Gasteiger charge is -2.29. The summed E-state index contributed by atoms with van der Waals surface area (Å²) in [7, 11) is 3.26. The second-order valence-electron chi connectivity index (χ2n) is 5.83. The number of fused-ring (bicyclic) bond motifs is 1. The quantitative estimate of drug-likeness (QED) is 0.833. The van der Waals surface area contributed by atoms with Crippen LogP contribution >= 0.6 is 11.3 Å². The maximum Gasteiger partial charge on any atom is 0.273 e. The number of ether oxygens (including phenoxy) is 2. The average Bonchev–Trinajstić information content (AvgIpc) is 3.08. The molecule has 0 saturated carbocycles. The van der Waals surface area contributed by atoms with Gasteiger partial charge in [0.25, 0.3) is 5.91 Å². The lowest BCUT2D eigenvalue weighted by molar-refractivity contribution is 0.0729. The number of nitrogens with zero attached hydrogens (tertiary/aromatic N) is 2. The molecule has 5 nitrogen and oxygen atoms in total. The van der Waals surface area contributed by atoms with Crippen LogP contribution in [0.25, 0.3) is 0 Å². The fourth-order valence-corrected chi connectivity index (χ4v) is 3.83. The summed E-state index contributed by atoms with van der Waals surface area (Å²) in [5.41, 5.74) is 2.88. The molecule has 0 bridgehead atoms. The number of aryl methyl sites for hydroxylation is 1. The second-order valence-corrected chi connectivity index (χ2v) is 6.77. The van der Waals surface area contributed by atoms with Crippen molar-refractivity contribution >= 4 is 17.2 Å². The van der Waals surface area contributed by atoms with Crippen LogP contribution in [0.2, 0.25) is 0 Å². The van der Waals surface area contributed by atoms with Gasteiger partial charge in [-0.2, -0.15) is 0 Å². The van der Waals surface area contributed by atoms with Gasteiger partial charge in [0, 0.05) is 18.5 Å². The molecule has 0 saturated heterocycles. The Hall–Kier alpha value is -2.08. The van der Waals surface area contributed by atoms with Gasteiger partial charge in [-0.3, -0.25) is 4.79 Å². The molecular weight excluding hydrogens is 324 g/mol. The van der Waals surface area contributed by atoms with Crippen molar-refractivity contribution < 1.29 is 14.3 Å². The van der Waals surface area contributed by atoms with Crippen LogP contribution in [0.15, 0.2) is 17.5 Å². The Morgan fingerprint density at radius 2 is 1.96 bits per heavy atom. The highest BCUT2D eigenvalue weighted by molar-refractivity contribution is 7.09. The maximum absolute atomic E-state index is 12.7. The van der Waals surface area contributed by atoms with Crippen molar-refractivity contribution in [2.75, 3.05) is 20.8 Å². The third-order valence-corrected chi connectivity index (χ3v) is 5.15. The molecule has 0 atom stereocenters. The van der Waals surface area contributed by atoms with E-state index in [4.69, 9.17) is 9.47 Å². The van der Waals surface area contributed by atoms with E-state index in [0.29, 0.717) is 24.5 Å². The van der Waals surface area contributed by atoms with Crippen molar-refractivity contribution in [3.63, 3.8) is 0 Å². The van der Waals surface area contributed by atoms with Gasteiger partial charge in [-0.15, -0.1) is 11.3 Å². The summed E-state index contributed by atoms with van der Waals surface area (Å²) in [4.78, 5) is 19.1. The molecule has 1 aromatic heterocycles. The van der Waals surface area contributed by atoms with Gasteiger partial charge in [0.1, 0.15) is 5.69 Å². The van der Waals surface area contributed by atoms with Crippen LogP contribution in [0, 0.1) is 0 Å². The van der Waals surface area contributed by atoms with Crippen LogP contribution in [0.3, 0.4) is 0 Å². The SMILES string of the molecule is CCCc1nc(C(=O)N2CCc3cc(OC)c(OC)cc3C2)cs1. The fourth-order valence-electron chi connectivity index (χ4n) is 2.96. The molecule has 1 aromatic carbocycles. The predicted molar refractivity (Wildman–Crippen MR) is 94.1 cm³/mol. The Kier molecular flexibility index (Phi) is 5.04. The molecular formula is C18H22N2O3S. The van der Waals surface area contributed by atoms with E-state index in [1.807, 2.05) is 22.4 Å². The third-order valence-electron chi connectivity index (χ3n) is 4.24. The van der Waals surface area contributed by atoms with E-state index in [-0.39, 0.29) is 5.91 Å². The molecule has 2 heterocycles. The molecule has 0 unspecified atom stereocenters. The minimum atomic E-state index is 0.00837. The molecule has 24 heavy (non-hydrogen) atoms. The van der Waals surface area contributed by atoms with E-state index < -0.39 is 0 Å². The standard InChI is InChI=1S/C18H22N2O3S/c1-4-5-17-19-14(11-24-17)18(21)20-7-6-12-8-15(22-2)16(23-3)9-13(12)10-20/h8-9,11H,4-7,10H2,1-3H3. The summed E-state index contributed by atoms with van der Waals surface area (Å²) in [5, 5.41) is 2.90. The number of hydrogen-bond donors (Lipinski definition) is 0. The topological polar surface area (TPSA) is 51.7 Å². The number of hydrogen-bond acceptors (Lipinski definition) is 5. The van der Waals surface area contributed by atoms with Gasteiger partial charge in [0.2, 0.25) is 0 Å².